The third-order valence-electron chi connectivity index (χ3n) is 4.71. The van der Waals surface area contributed by atoms with Crippen molar-refractivity contribution in [3.63, 3.8) is 0 Å². The van der Waals surface area contributed by atoms with Crippen molar-refractivity contribution in [3.05, 3.63) is 88.0 Å². The number of hydrogen-bond acceptors (Lipinski definition) is 5. The van der Waals surface area contributed by atoms with Crippen LogP contribution in [0.1, 0.15) is 16.7 Å². The maximum Gasteiger partial charge on any atom is 0.416 e. The van der Waals surface area contributed by atoms with Crippen LogP contribution in [0.4, 0.5) is 32.2 Å². The number of halogens is 6. The van der Waals surface area contributed by atoms with Crippen LogP contribution in [0.15, 0.2) is 61.2 Å². The van der Waals surface area contributed by atoms with Gasteiger partial charge in [-0.25, -0.2) is 9.55 Å². The summed E-state index contributed by atoms with van der Waals surface area (Å²) < 4.78 is 80.9. The standard InChI is InChI=1S/C20H12F6N6O2/c21-19(22,23)14-6-13(7-15(8-14)20(24,25)26)16-27-11-31(29-16)17-18(32(33)34)30(10-28-17)9-12-4-2-1-3-5-12/h1-8,10-11H,9H2. The lowest BCUT2D eigenvalue weighted by molar-refractivity contribution is -0.391. The van der Waals surface area contributed by atoms with Crippen molar-refractivity contribution in [2.24, 2.45) is 0 Å². The first-order chi connectivity index (χ1) is 15.9. The van der Waals surface area contributed by atoms with Gasteiger partial charge in [-0.05, 0) is 28.7 Å². The summed E-state index contributed by atoms with van der Waals surface area (Å²) in [6, 6.07) is 9.66. The van der Waals surface area contributed by atoms with Gasteiger partial charge in [-0.15, -0.1) is 5.10 Å². The molecule has 2 heterocycles. The van der Waals surface area contributed by atoms with Crippen LogP contribution >= 0.6 is 0 Å². The Morgan fingerprint density at radius 1 is 0.882 bits per heavy atom. The quantitative estimate of drug-likeness (QED) is 0.224. The molecule has 0 N–H and O–H groups in total. The van der Waals surface area contributed by atoms with E-state index in [1.165, 1.54) is 10.9 Å². The van der Waals surface area contributed by atoms with E-state index in [-0.39, 0.29) is 18.4 Å². The highest BCUT2D eigenvalue weighted by molar-refractivity contribution is 5.58. The Balaban J connectivity index is 1.76. The zero-order valence-electron chi connectivity index (χ0n) is 16.7. The first-order valence-electron chi connectivity index (χ1n) is 9.39. The fourth-order valence-electron chi connectivity index (χ4n) is 3.19. The molecule has 0 saturated heterocycles. The summed E-state index contributed by atoms with van der Waals surface area (Å²) >= 11 is 0. The predicted octanol–water partition coefficient (Wildman–Crippen LogP) is 5.12. The molecule has 4 rings (SSSR count). The molecule has 0 aliphatic carbocycles. The van der Waals surface area contributed by atoms with E-state index in [0.29, 0.717) is 12.1 Å². The van der Waals surface area contributed by atoms with Crippen molar-refractivity contribution in [2.45, 2.75) is 18.9 Å². The normalized spacial score (nSPS) is 12.2. The largest absolute Gasteiger partial charge is 0.416 e. The molecule has 0 fully saturated rings. The molecule has 0 unspecified atom stereocenters. The Hall–Kier alpha value is -4.23. The Morgan fingerprint density at radius 2 is 1.50 bits per heavy atom. The van der Waals surface area contributed by atoms with E-state index in [2.05, 4.69) is 15.1 Å². The predicted molar refractivity (Wildman–Crippen MR) is 105 cm³/mol. The van der Waals surface area contributed by atoms with E-state index in [0.717, 1.165) is 16.6 Å². The summed E-state index contributed by atoms with van der Waals surface area (Å²) in [6.45, 7) is 0.0915. The summed E-state index contributed by atoms with van der Waals surface area (Å²) in [5.41, 5.74) is -2.90. The maximum atomic E-state index is 13.1. The minimum atomic E-state index is -5.05. The van der Waals surface area contributed by atoms with E-state index < -0.39 is 45.6 Å². The van der Waals surface area contributed by atoms with Crippen LogP contribution in [-0.4, -0.2) is 29.2 Å². The lowest BCUT2D eigenvalue weighted by Crippen LogP contribution is -2.11. The van der Waals surface area contributed by atoms with Crippen LogP contribution in [0, 0.1) is 10.1 Å². The summed E-state index contributed by atoms with van der Waals surface area (Å²) in [4.78, 5) is 18.7. The molecule has 0 radical (unpaired) electrons. The van der Waals surface area contributed by atoms with Crippen LogP contribution in [0.2, 0.25) is 0 Å². The molecule has 0 atom stereocenters. The third kappa shape index (κ3) is 4.60. The molecular formula is C20H12F6N6O2. The average molecular weight is 482 g/mol. The SMILES string of the molecule is O=[N+]([O-])c1c(-n2cnc(-c3cc(C(F)(F)F)cc(C(F)(F)F)c3)n2)ncn1Cc1ccccc1. The van der Waals surface area contributed by atoms with E-state index in [1.807, 2.05) is 0 Å². The molecule has 176 valence electrons. The Morgan fingerprint density at radius 3 is 2.06 bits per heavy atom. The third-order valence-corrected chi connectivity index (χ3v) is 4.71. The smallest absolute Gasteiger partial charge is 0.358 e. The van der Waals surface area contributed by atoms with E-state index in [1.54, 1.807) is 30.3 Å². The van der Waals surface area contributed by atoms with Gasteiger partial charge < -0.3 is 10.1 Å². The van der Waals surface area contributed by atoms with Crippen molar-refractivity contribution in [3.8, 4) is 17.2 Å². The highest BCUT2D eigenvalue weighted by Crippen LogP contribution is 2.38. The number of rotatable bonds is 5. The first kappa shape index (κ1) is 22.9. The van der Waals surface area contributed by atoms with Gasteiger partial charge in [0, 0.05) is 5.56 Å². The van der Waals surface area contributed by atoms with Crippen molar-refractivity contribution < 1.29 is 31.3 Å². The van der Waals surface area contributed by atoms with Gasteiger partial charge >= 0.3 is 18.2 Å². The number of hydrogen-bond donors (Lipinski definition) is 0. The van der Waals surface area contributed by atoms with Gasteiger partial charge in [0.1, 0.15) is 12.9 Å². The number of imidazole rings is 1. The Labute approximate surface area is 186 Å². The van der Waals surface area contributed by atoms with Gasteiger partial charge in [0.05, 0.1) is 11.1 Å². The molecule has 0 bridgehead atoms. The topological polar surface area (TPSA) is 91.7 Å². The number of alkyl halides is 6. The van der Waals surface area contributed by atoms with Gasteiger partial charge in [-0.1, -0.05) is 30.3 Å². The molecule has 4 aromatic rings. The van der Waals surface area contributed by atoms with Crippen molar-refractivity contribution >= 4 is 5.82 Å². The highest BCUT2D eigenvalue weighted by Gasteiger charge is 2.37. The van der Waals surface area contributed by atoms with Crippen LogP contribution < -0.4 is 0 Å². The second kappa shape index (κ2) is 8.28. The highest BCUT2D eigenvalue weighted by atomic mass is 19.4. The fourth-order valence-corrected chi connectivity index (χ4v) is 3.19. The summed E-state index contributed by atoms with van der Waals surface area (Å²) in [5.74, 6) is -1.29. The van der Waals surface area contributed by atoms with Gasteiger partial charge in [-0.3, -0.25) is 0 Å². The summed E-state index contributed by atoms with van der Waals surface area (Å²) in [6.07, 6.45) is -8.00. The Kier molecular flexibility index (Phi) is 5.59. The second-order valence-corrected chi connectivity index (χ2v) is 7.07. The summed E-state index contributed by atoms with van der Waals surface area (Å²) in [5, 5.41) is 15.5. The minimum absolute atomic E-state index is 0.0173. The van der Waals surface area contributed by atoms with Crippen LogP contribution in [0.3, 0.4) is 0 Å². The molecule has 0 aliphatic heterocycles. The molecule has 2 aromatic carbocycles. The zero-order chi connectivity index (χ0) is 24.7. The number of aromatic nitrogens is 5. The van der Waals surface area contributed by atoms with E-state index in [9.17, 15) is 36.5 Å². The Bertz CT molecular complexity index is 1310. The molecule has 0 aliphatic rings. The van der Waals surface area contributed by atoms with Gasteiger partial charge in [-0.2, -0.15) is 36.0 Å². The minimum Gasteiger partial charge on any atom is -0.358 e. The van der Waals surface area contributed by atoms with Gasteiger partial charge in [0.15, 0.2) is 12.2 Å². The molecule has 14 heteroatoms. The number of nitrogens with zero attached hydrogens (tertiary/aromatic N) is 6. The van der Waals surface area contributed by atoms with Gasteiger partial charge in [0.25, 0.3) is 5.82 Å². The second-order valence-electron chi connectivity index (χ2n) is 7.07. The molecule has 0 spiro atoms. The van der Waals surface area contributed by atoms with Crippen molar-refractivity contribution in [1.82, 2.24) is 24.3 Å². The lowest BCUT2D eigenvalue weighted by atomic mass is 10.0. The molecule has 0 saturated carbocycles. The first-order valence-corrected chi connectivity index (χ1v) is 9.39. The molecule has 2 aromatic heterocycles. The molecule has 0 amide bonds. The monoisotopic (exact) mass is 482 g/mol. The van der Waals surface area contributed by atoms with Crippen molar-refractivity contribution in [1.29, 1.82) is 0 Å². The maximum absolute atomic E-state index is 13.1. The molecule has 8 nitrogen and oxygen atoms in total. The lowest BCUT2D eigenvalue weighted by Gasteiger charge is -2.13. The molecular weight excluding hydrogens is 470 g/mol. The van der Waals surface area contributed by atoms with Gasteiger partial charge in [0.2, 0.25) is 0 Å². The number of benzene rings is 2. The van der Waals surface area contributed by atoms with Crippen molar-refractivity contribution in [2.75, 3.05) is 0 Å². The molecule has 34 heavy (non-hydrogen) atoms. The number of nitro groups is 1. The van der Waals surface area contributed by atoms with E-state index in [4.69, 9.17) is 0 Å². The zero-order valence-corrected chi connectivity index (χ0v) is 16.7. The van der Waals surface area contributed by atoms with Crippen LogP contribution in [0.5, 0.6) is 0 Å². The van der Waals surface area contributed by atoms with Crippen LogP contribution in [0.25, 0.3) is 17.2 Å². The fraction of sp³-hybridized carbons (Fsp3) is 0.150. The average Bonchev–Trinajstić information content (AvgIpc) is 3.40. The van der Waals surface area contributed by atoms with Crippen LogP contribution in [-0.2, 0) is 18.9 Å². The van der Waals surface area contributed by atoms with E-state index >= 15 is 0 Å². The summed E-state index contributed by atoms with van der Waals surface area (Å²) in [7, 11) is 0.